The molecule has 0 radical (unpaired) electrons. The van der Waals surface area contributed by atoms with Crippen molar-refractivity contribution < 1.29 is 4.42 Å². The maximum atomic E-state index is 5.62. The van der Waals surface area contributed by atoms with Crippen LogP contribution in [0.25, 0.3) is 11.5 Å². The number of benzene rings is 1. The Morgan fingerprint density at radius 2 is 1.87 bits per heavy atom. The molecule has 0 aliphatic rings. The van der Waals surface area contributed by atoms with Gasteiger partial charge in [0.25, 0.3) is 0 Å². The fourth-order valence-corrected chi connectivity index (χ4v) is 1.31. The summed E-state index contributed by atoms with van der Waals surface area (Å²) < 4.78 is 5.62. The zero-order valence-electron chi connectivity index (χ0n) is 8.90. The third-order valence-corrected chi connectivity index (χ3v) is 2.25. The highest BCUT2D eigenvalue weighted by Gasteiger charge is 2.08. The second-order valence-corrected chi connectivity index (χ2v) is 3.84. The van der Waals surface area contributed by atoms with Gasteiger partial charge in [0, 0.05) is 17.2 Å². The van der Waals surface area contributed by atoms with Gasteiger partial charge in [0.15, 0.2) is 0 Å². The van der Waals surface area contributed by atoms with Crippen molar-refractivity contribution in [3.8, 4) is 11.5 Å². The molecule has 0 spiro atoms. The SMILES string of the molecule is CC(C)c1cnc(-c2ccc(N)cc2)o1. The van der Waals surface area contributed by atoms with Crippen molar-refractivity contribution in [1.82, 2.24) is 4.98 Å². The first-order valence-corrected chi connectivity index (χ1v) is 4.98. The third kappa shape index (κ3) is 2.01. The lowest BCUT2D eigenvalue weighted by atomic mass is 10.2. The number of oxazole rings is 1. The normalized spacial score (nSPS) is 10.9. The zero-order valence-corrected chi connectivity index (χ0v) is 8.90. The van der Waals surface area contributed by atoms with Crippen LogP contribution in [0, 0.1) is 0 Å². The van der Waals surface area contributed by atoms with Gasteiger partial charge in [0.1, 0.15) is 5.76 Å². The van der Waals surface area contributed by atoms with Crippen LogP contribution >= 0.6 is 0 Å². The van der Waals surface area contributed by atoms with Crippen molar-refractivity contribution in [2.75, 3.05) is 5.73 Å². The average Bonchev–Trinajstić information content (AvgIpc) is 2.68. The summed E-state index contributed by atoms with van der Waals surface area (Å²) in [7, 11) is 0. The van der Waals surface area contributed by atoms with Crippen LogP contribution in [0.4, 0.5) is 5.69 Å². The van der Waals surface area contributed by atoms with Crippen molar-refractivity contribution in [3.63, 3.8) is 0 Å². The Hall–Kier alpha value is -1.77. The van der Waals surface area contributed by atoms with Crippen LogP contribution < -0.4 is 5.73 Å². The summed E-state index contributed by atoms with van der Waals surface area (Å²) >= 11 is 0. The van der Waals surface area contributed by atoms with E-state index in [1.807, 2.05) is 24.3 Å². The summed E-state index contributed by atoms with van der Waals surface area (Å²) in [5.74, 6) is 1.92. The lowest BCUT2D eigenvalue weighted by molar-refractivity contribution is 0.495. The van der Waals surface area contributed by atoms with Gasteiger partial charge in [-0.15, -0.1) is 0 Å². The zero-order chi connectivity index (χ0) is 10.8. The molecule has 2 N–H and O–H groups in total. The quantitative estimate of drug-likeness (QED) is 0.761. The van der Waals surface area contributed by atoms with E-state index in [2.05, 4.69) is 18.8 Å². The fourth-order valence-electron chi connectivity index (χ4n) is 1.31. The second-order valence-electron chi connectivity index (χ2n) is 3.84. The minimum Gasteiger partial charge on any atom is -0.441 e. The Kier molecular flexibility index (Phi) is 2.46. The smallest absolute Gasteiger partial charge is 0.226 e. The Bertz CT molecular complexity index is 443. The first kappa shape index (κ1) is 9.77. The maximum absolute atomic E-state index is 5.62. The molecule has 0 amide bonds. The first-order valence-electron chi connectivity index (χ1n) is 4.98. The Morgan fingerprint density at radius 1 is 1.20 bits per heavy atom. The predicted octanol–water partition coefficient (Wildman–Crippen LogP) is 3.05. The molecule has 78 valence electrons. The van der Waals surface area contributed by atoms with Gasteiger partial charge in [-0.3, -0.25) is 0 Å². The van der Waals surface area contributed by atoms with Crippen LogP contribution in [-0.2, 0) is 0 Å². The topological polar surface area (TPSA) is 52.0 Å². The van der Waals surface area contributed by atoms with Gasteiger partial charge in [0.05, 0.1) is 6.20 Å². The van der Waals surface area contributed by atoms with E-state index >= 15 is 0 Å². The third-order valence-electron chi connectivity index (χ3n) is 2.25. The summed E-state index contributed by atoms with van der Waals surface area (Å²) in [6, 6.07) is 7.50. The number of nitrogens with zero attached hydrogens (tertiary/aromatic N) is 1. The standard InChI is InChI=1S/C12H14N2O/c1-8(2)11-7-14-12(15-11)9-3-5-10(13)6-4-9/h3-8H,13H2,1-2H3. The van der Waals surface area contributed by atoms with Crippen LogP contribution in [0.1, 0.15) is 25.5 Å². The van der Waals surface area contributed by atoms with E-state index in [9.17, 15) is 0 Å². The monoisotopic (exact) mass is 202 g/mol. The largest absolute Gasteiger partial charge is 0.441 e. The number of rotatable bonds is 2. The first-order chi connectivity index (χ1) is 7.16. The molecule has 0 aliphatic carbocycles. The minimum absolute atomic E-state index is 0.361. The van der Waals surface area contributed by atoms with Crippen LogP contribution in [-0.4, -0.2) is 4.98 Å². The number of nitrogen functional groups attached to an aromatic ring is 1. The van der Waals surface area contributed by atoms with Crippen molar-refractivity contribution in [2.45, 2.75) is 19.8 Å². The van der Waals surface area contributed by atoms with E-state index in [0.717, 1.165) is 17.0 Å². The number of hydrogen-bond acceptors (Lipinski definition) is 3. The van der Waals surface area contributed by atoms with E-state index in [1.165, 1.54) is 0 Å². The number of aromatic nitrogens is 1. The van der Waals surface area contributed by atoms with Gasteiger partial charge >= 0.3 is 0 Å². The summed E-state index contributed by atoms with van der Waals surface area (Å²) in [6.45, 7) is 4.15. The van der Waals surface area contributed by atoms with Crippen LogP contribution in [0.15, 0.2) is 34.9 Å². The van der Waals surface area contributed by atoms with Gasteiger partial charge in [-0.05, 0) is 24.3 Å². The molecule has 0 saturated carbocycles. The van der Waals surface area contributed by atoms with Crippen LogP contribution in [0.3, 0.4) is 0 Å². The van der Waals surface area contributed by atoms with Gasteiger partial charge in [0.2, 0.25) is 5.89 Å². The van der Waals surface area contributed by atoms with Crippen molar-refractivity contribution in [3.05, 3.63) is 36.2 Å². The highest BCUT2D eigenvalue weighted by Crippen LogP contribution is 2.23. The van der Waals surface area contributed by atoms with Crippen LogP contribution in [0.2, 0.25) is 0 Å². The molecule has 2 aromatic rings. The highest BCUT2D eigenvalue weighted by atomic mass is 16.4. The molecule has 15 heavy (non-hydrogen) atoms. The molecule has 1 aromatic carbocycles. The molecular formula is C12H14N2O. The lowest BCUT2D eigenvalue weighted by Crippen LogP contribution is -1.83. The average molecular weight is 202 g/mol. The minimum atomic E-state index is 0.361. The Balaban J connectivity index is 2.33. The molecule has 0 unspecified atom stereocenters. The number of hydrogen-bond donors (Lipinski definition) is 1. The molecule has 3 nitrogen and oxygen atoms in total. The van der Waals surface area contributed by atoms with Crippen molar-refractivity contribution in [2.24, 2.45) is 0 Å². The van der Waals surface area contributed by atoms with Gasteiger partial charge < -0.3 is 10.2 Å². The molecule has 2 rings (SSSR count). The second kappa shape index (κ2) is 3.77. The number of nitrogens with two attached hydrogens (primary N) is 1. The van der Waals surface area contributed by atoms with Crippen molar-refractivity contribution in [1.29, 1.82) is 0 Å². The molecule has 1 aromatic heterocycles. The van der Waals surface area contributed by atoms with Crippen LogP contribution in [0.5, 0.6) is 0 Å². The maximum Gasteiger partial charge on any atom is 0.226 e. The summed E-state index contributed by atoms with van der Waals surface area (Å²) in [5.41, 5.74) is 7.31. The Morgan fingerprint density at radius 3 is 2.40 bits per heavy atom. The molecule has 0 saturated heterocycles. The lowest BCUT2D eigenvalue weighted by Gasteiger charge is -1.98. The molecule has 1 heterocycles. The van der Waals surface area contributed by atoms with E-state index < -0.39 is 0 Å². The van der Waals surface area contributed by atoms with Gasteiger partial charge in [-0.2, -0.15) is 0 Å². The summed E-state index contributed by atoms with van der Waals surface area (Å²) in [6.07, 6.45) is 1.77. The van der Waals surface area contributed by atoms with Gasteiger partial charge in [-0.1, -0.05) is 13.8 Å². The highest BCUT2D eigenvalue weighted by molar-refractivity contribution is 5.57. The molecule has 0 atom stereocenters. The molecule has 3 heteroatoms. The fraction of sp³-hybridized carbons (Fsp3) is 0.250. The number of anilines is 1. The molecule has 0 fully saturated rings. The molecule has 0 aliphatic heterocycles. The van der Waals surface area contributed by atoms with E-state index in [4.69, 9.17) is 10.2 Å². The van der Waals surface area contributed by atoms with Crippen molar-refractivity contribution >= 4 is 5.69 Å². The summed E-state index contributed by atoms with van der Waals surface area (Å²) in [5, 5.41) is 0. The van der Waals surface area contributed by atoms with E-state index in [-0.39, 0.29) is 0 Å². The molecule has 0 bridgehead atoms. The van der Waals surface area contributed by atoms with Gasteiger partial charge in [-0.25, -0.2) is 4.98 Å². The predicted molar refractivity (Wildman–Crippen MR) is 60.4 cm³/mol. The van der Waals surface area contributed by atoms with E-state index in [1.54, 1.807) is 6.20 Å². The Labute approximate surface area is 88.9 Å². The molecular weight excluding hydrogens is 188 g/mol. The van der Waals surface area contributed by atoms with E-state index in [0.29, 0.717) is 11.8 Å². The summed E-state index contributed by atoms with van der Waals surface area (Å²) in [4.78, 5) is 4.23.